The van der Waals surface area contributed by atoms with Crippen LogP contribution >= 0.6 is 0 Å². The van der Waals surface area contributed by atoms with E-state index in [1.54, 1.807) is 25.4 Å². The molecular formula is C25H35N7O2. The molecule has 0 saturated carbocycles. The molecule has 1 aliphatic rings. The van der Waals surface area contributed by atoms with Crippen molar-refractivity contribution in [2.45, 2.75) is 32.2 Å². The minimum absolute atomic E-state index is 0.183. The first-order chi connectivity index (χ1) is 16.6. The molecule has 1 saturated heterocycles. The van der Waals surface area contributed by atoms with E-state index in [-0.39, 0.29) is 12.6 Å². The van der Waals surface area contributed by atoms with Gasteiger partial charge in [0.1, 0.15) is 17.0 Å². The van der Waals surface area contributed by atoms with Crippen molar-refractivity contribution >= 4 is 28.1 Å². The molecule has 9 heteroatoms. The molecule has 0 spiro atoms. The molecule has 3 rings (SSSR count). The van der Waals surface area contributed by atoms with Gasteiger partial charge in [-0.3, -0.25) is 15.0 Å². The third-order valence-corrected chi connectivity index (χ3v) is 5.74. The van der Waals surface area contributed by atoms with Crippen LogP contribution in [0.25, 0.3) is 10.9 Å². The van der Waals surface area contributed by atoms with E-state index in [0.717, 1.165) is 53.8 Å². The van der Waals surface area contributed by atoms with Crippen molar-refractivity contribution in [1.29, 1.82) is 0 Å². The van der Waals surface area contributed by atoms with E-state index in [1.807, 2.05) is 6.07 Å². The van der Waals surface area contributed by atoms with Gasteiger partial charge in [-0.1, -0.05) is 0 Å². The zero-order chi connectivity index (χ0) is 24.3. The molecule has 3 heterocycles. The van der Waals surface area contributed by atoms with Crippen LogP contribution in [0.1, 0.15) is 37.4 Å². The fourth-order valence-electron chi connectivity index (χ4n) is 4.03. The number of hydrogen-bond donors (Lipinski definition) is 3. The lowest BCUT2D eigenvalue weighted by Gasteiger charge is -2.34. The van der Waals surface area contributed by atoms with Crippen molar-refractivity contribution in [2.24, 2.45) is 21.5 Å². The molecule has 182 valence electrons. The summed E-state index contributed by atoms with van der Waals surface area (Å²) in [6.07, 6.45) is 10.8. The highest BCUT2D eigenvalue weighted by Gasteiger charge is 2.23. The number of aliphatic hydroxyl groups is 1. The Hall–Kier alpha value is -3.30. The van der Waals surface area contributed by atoms with E-state index in [2.05, 4.69) is 27.9 Å². The molecule has 9 nitrogen and oxygen atoms in total. The monoisotopic (exact) mass is 465 g/mol. The number of nitrogens with zero attached hydrogens (tertiary/aromatic N) is 5. The molecule has 2 aromatic heterocycles. The summed E-state index contributed by atoms with van der Waals surface area (Å²) in [5, 5.41) is 9.93. The van der Waals surface area contributed by atoms with E-state index in [0.29, 0.717) is 31.2 Å². The van der Waals surface area contributed by atoms with Crippen molar-refractivity contribution in [2.75, 3.05) is 44.9 Å². The number of fused-ring (bicyclic) bond motifs is 1. The number of aromatic nitrogens is 2. The standard InChI is InChI=1S/C25H35N7O2/c1-18-17-34-15-13-32(18)23-16-20(21(28-2)6-9-26)19-8-12-30-25(24(19)31-23)22(7-10-27)29-11-4-3-5-14-33/h6-10,12,16,18,33H,3-5,11,13-15,17,26-27H2,1-2H3. The zero-order valence-electron chi connectivity index (χ0n) is 20.0. The molecule has 1 aliphatic heterocycles. The first-order valence-electron chi connectivity index (χ1n) is 11.7. The van der Waals surface area contributed by atoms with Crippen LogP contribution < -0.4 is 16.4 Å². The van der Waals surface area contributed by atoms with Gasteiger partial charge in [-0.25, -0.2) is 4.98 Å². The summed E-state index contributed by atoms with van der Waals surface area (Å²) >= 11 is 0. The highest BCUT2D eigenvalue weighted by molar-refractivity contribution is 6.20. The minimum Gasteiger partial charge on any atom is -0.405 e. The maximum Gasteiger partial charge on any atom is 0.130 e. The topological polar surface area (TPSA) is 135 Å². The minimum atomic E-state index is 0.183. The van der Waals surface area contributed by atoms with Gasteiger partial charge in [0.2, 0.25) is 0 Å². The van der Waals surface area contributed by atoms with Gasteiger partial charge in [-0.05, 0) is 62.9 Å². The van der Waals surface area contributed by atoms with Crippen LogP contribution in [0.5, 0.6) is 0 Å². The number of unbranched alkanes of at least 4 members (excludes halogenated alkanes) is 2. The fraction of sp³-hybridized carbons (Fsp3) is 0.440. The van der Waals surface area contributed by atoms with E-state index in [4.69, 9.17) is 31.3 Å². The molecule has 0 amide bonds. The number of allylic oxidation sites excluding steroid dienone is 2. The lowest BCUT2D eigenvalue weighted by Crippen LogP contribution is -2.44. The summed E-state index contributed by atoms with van der Waals surface area (Å²) < 4.78 is 5.63. The van der Waals surface area contributed by atoms with Crippen LogP contribution in [-0.2, 0) is 4.74 Å². The van der Waals surface area contributed by atoms with Gasteiger partial charge in [0.15, 0.2) is 0 Å². The van der Waals surface area contributed by atoms with Crippen LogP contribution in [0.4, 0.5) is 5.82 Å². The van der Waals surface area contributed by atoms with Gasteiger partial charge in [0, 0.05) is 43.9 Å². The number of aliphatic hydroxyl groups excluding tert-OH is 1. The molecule has 2 aromatic rings. The van der Waals surface area contributed by atoms with Gasteiger partial charge in [0.05, 0.1) is 30.7 Å². The van der Waals surface area contributed by atoms with Gasteiger partial charge < -0.3 is 26.2 Å². The van der Waals surface area contributed by atoms with Crippen molar-refractivity contribution in [1.82, 2.24) is 9.97 Å². The van der Waals surface area contributed by atoms with E-state index in [1.165, 1.54) is 12.4 Å². The molecule has 0 aliphatic carbocycles. The number of nitrogens with two attached hydrogens (primary N) is 2. The average molecular weight is 466 g/mol. The molecular weight excluding hydrogens is 430 g/mol. The van der Waals surface area contributed by atoms with Gasteiger partial charge in [0.25, 0.3) is 0 Å². The highest BCUT2D eigenvalue weighted by Crippen LogP contribution is 2.28. The Bertz CT molecular complexity index is 1080. The SMILES string of the molecule is CN=C(C=CN)c1cc(N2CCOCC2C)nc2c(C(C=CN)=NCCCCCO)nccc12. The van der Waals surface area contributed by atoms with Gasteiger partial charge >= 0.3 is 0 Å². The van der Waals surface area contributed by atoms with Crippen molar-refractivity contribution in [3.63, 3.8) is 0 Å². The Morgan fingerprint density at radius 1 is 1.24 bits per heavy atom. The van der Waals surface area contributed by atoms with E-state index >= 15 is 0 Å². The quantitative estimate of drug-likeness (QED) is 0.361. The van der Waals surface area contributed by atoms with Crippen LogP contribution in [0, 0.1) is 0 Å². The lowest BCUT2D eigenvalue weighted by atomic mass is 10.0. The third-order valence-electron chi connectivity index (χ3n) is 5.74. The number of anilines is 1. The highest BCUT2D eigenvalue weighted by atomic mass is 16.5. The summed E-state index contributed by atoms with van der Waals surface area (Å²) in [4.78, 5) is 21.2. The Kier molecular flexibility index (Phi) is 9.54. The maximum absolute atomic E-state index is 9.02. The van der Waals surface area contributed by atoms with Crippen molar-refractivity contribution < 1.29 is 9.84 Å². The number of aliphatic imine (C=N–C) groups is 2. The average Bonchev–Trinajstić information content (AvgIpc) is 2.86. The zero-order valence-corrected chi connectivity index (χ0v) is 20.0. The van der Waals surface area contributed by atoms with E-state index < -0.39 is 0 Å². The number of pyridine rings is 2. The Labute approximate surface area is 201 Å². The van der Waals surface area contributed by atoms with Gasteiger partial charge in [-0.15, -0.1) is 0 Å². The van der Waals surface area contributed by atoms with Gasteiger partial charge in [-0.2, -0.15) is 0 Å². The predicted molar refractivity (Wildman–Crippen MR) is 139 cm³/mol. The second-order valence-electron chi connectivity index (χ2n) is 8.08. The van der Waals surface area contributed by atoms with Crippen molar-refractivity contribution in [3.05, 3.63) is 54.1 Å². The molecule has 1 unspecified atom stereocenters. The molecule has 1 atom stereocenters. The van der Waals surface area contributed by atoms with Crippen LogP contribution in [-0.4, -0.2) is 72.5 Å². The molecule has 0 radical (unpaired) electrons. The van der Waals surface area contributed by atoms with Crippen molar-refractivity contribution in [3.8, 4) is 0 Å². The Morgan fingerprint density at radius 2 is 2.03 bits per heavy atom. The first-order valence-corrected chi connectivity index (χ1v) is 11.7. The summed E-state index contributed by atoms with van der Waals surface area (Å²) in [6.45, 7) is 4.96. The number of morpholine rings is 1. The number of hydrogen-bond acceptors (Lipinski definition) is 9. The molecule has 0 aromatic carbocycles. The molecule has 0 bridgehead atoms. The third kappa shape index (κ3) is 5.98. The molecule has 34 heavy (non-hydrogen) atoms. The molecule has 5 N–H and O–H groups in total. The number of rotatable bonds is 10. The summed E-state index contributed by atoms with van der Waals surface area (Å²) in [5.74, 6) is 0.832. The fourth-order valence-corrected chi connectivity index (χ4v) is 4.03. The lowest BCUT2D eigenvalue weighted by molar-refractivity contribution is 0.0986. The van der Waals surface area contributed by atoms with Crippen LogP contribution in [0.2, 0.25) is 0 Å². The summed E-state index contributed by atoms with van der Waals surface area (Å²) in [7, 11) is 1.75. The van der Waals surface area contributed by atoms with Crippen LogP contribution in [0.3, 0.4) is 0 Å². The molecule has 1 fully saturated rings. The second kappa shape index (κ2) is 12.8. The summed E-state index contributed by atoms with van der Waals surface area (Å²) in [5.41, 5.74) is 15.2. The normalized spacial score (nSPS) is 18.0. The summed E-state index contributed by atoms with van der Waals surface area (Å²) in [6, 6.07) is 4.18. The Morgan fingerprint density at radius 3 is 2.74 bits per heavy atom. The number of ether oxygens (including phenoxy) is 1. The van der Waals surface area contributed by atoms with Crippen LogP contribution in [0.15, 0.2) is 52.9 Å². The smallest absolute Gasteiger partial charge is 0.130 e. The largest absolute Gasteiger partial charge is 0.405 e. The maximum atomic E-state index is 9.02. The Balaban J connectivity index is 2.19. The first kappa shape index (κ1) is 25.3. The second-order valence-corrected chi connectivity index (χ2v) is 8.08. The van der Waals surface area contributed by atoms with E-state index in [9.17, 15) is 0 Å². The predicted octanol–water partition coefficient (Wildman–Crippen LogP) is 2.17.